The summed E-state index contributed by atoms with van der Waals surface area (Å²) < 4.78 is 5.50. The third kappa shape index (κ3) is 1.36. The van der Waals surface area contributed by atoms with Gasteiger partial charge in [-0.2, -0.15) is 0 Å². The molecule has 2 atom stereocenters. The fourth-order valence-corrected chi connectivity index (χ4v) is 2.98. The summed E-state index contributed by atoms with van der Waals surface area (Å²) in [5, 5.41) is 1.14. The molecule has 2 aliphatic rings. The number of halogens is 1. The fraction of sp³-hybridized carbons (Fsp3) is 0.500. The van der Waals surface area contributed by atoms with E-state index in [0.717, 1.165) is 35.9 Å². The predicted octanol–water partition coefficient (Wildman–Crippen LogP) is 3.12. The van der Waals surface area contributed by atoms with E-state index in [1.807, 2.05) is 0 Å². The van der Waals surface area contributed by atoms with Crippen molar-refractivity contribution in [3.05, 3.63) is 29.3 Å². The lowest BCUT2D eigenvalue weighted by molar-refractivity contribution is 0.357. The molecule has 0 saturated heterocycles. The summed E-state index contributed by atoms with van der Waals surface area (Å²) in [6.07, 6.45) is 2.44. The minimum Gasteiger partial charge on any atom is -0.493 e. The molecule has 1 aromatic rings. The highest BCUT2D eigenvalue weighted by atomic mass is 79.9. The minimum absolute atomic E-state index is 0.806. The molecule has 1 nitrogen and oxygen atoms in total. The van der Waals surface area contributed by atoms with Gasteiger partial charge in [-0.05, 0) is 35.4 Å². The van der Waals surface area contributed by atoms with Crippen molar-refractivity contribution in [1.29, 1.82) is 0 Å². The van der Waals surface area contributed by atoms with Gasteiger partial charge in [0.1, 0.15) is 5.75 Å². The van der Waals surface area contributed by atoms with Gasteiger partial charge in [0.15, 0.2) is 0 Å². The largest absolute Gasteiger partial charge is 0.493 e. The van der Waals surface area contributed by atoms with Gasteiger partial charge in [-0.25, -0.2) is 0 Å². The van der Waals surface area contributed by atoms with Gasteiger partial charge in [0, 0.05) is 11.8 Å². The summed E-state index contributed by atoms with van der Waals surface area (Å²) in [5.41, 5.74) is 2.92. The number of benzene rings is 1. The summed E-state index contributed by atoms with van der Waals surface area (Å²) in [4.78, 5) is 0. The highest BCUT2D eigenvalue weighted by Gasteiger charge is 2.37. The van der Waals surface area contributed by atoms with Crippen LogP contribution >= 0.6 is 15.9 Å². The van der Waals surface area contributed by atoms with Crippen LogP contribution in [-0.2, 0) is 6.42 Å². The summed E-state index contributed by atoms with van der Waals surface area (Å²) in [7, 11) is 0. The lowest BCUT2D eigenvalue weighted by Crippen LogP contribution is -1.86. The van der Waals surface area contributed by atoms with E-state index in [1.165, 1.54) is 17.5 Å². The maximum atomic E-state index is 5.50. The van der Waals surface area contributed by atoms with Crippen LogP contribution in [0.1, 0.15) is 23.5 Å². The van der Waals surface area contributed by atoms with Crippen molar-refractivity contribution < 1.29 is 4.74 Å². The maximum absolute atomic E-state index is 5.50. The Kier molecular flexibility index (Phi) is 2.05. The van der Waals surface area contributed by atoms with Gasteiger partial charge < -0.3 is 4.74 Å². The number of rotatable bonds is 2. The summed E-state index contributed by atoms with van der Waals surface area (Å²) in [5.74, 6) is 2.78. The van der Waals surface area contributed by atoms with Crippen molar-refractivity contribution in [3.8, 4) is 5.75 Å². The third-order valence-electron chi connectivity index (χ3n) is 3.26. The van der Waals surface area contributed by atoms with Gasteiger partial charge in [0.2, 0.25) is 0 Å². The first-order valence-electron chi connectivity index (χ1n) is 5.20. The summed E-state index contributed by atoms with van der Waals surface area (Å²) in [6, 6.07) is 6.72. The number of alkyl halides is 1. The van der Waals surface area contributed by atoms with E-state index in [-0.39, 0.29) is 0 Å². The number of hydrogen-bond donors (Lipinski definition) is 0. The summed E-state index contributed by atoms with van der Waals surface area (Å²) in [6.45, 7) is 0.866. The molecule has 1 aliphatic carbocycles. The molecule has 1 aromatic carbocycles. The van der Waals surface area contributed by atoms with E-state index < -0.39 is 0 Å². The normalized spacial score (nSPS) is 28.4. The van der Waals surface area contributed by atoms with Crippen molar-refractivity contribution in [1.82, 2.24) is 0 Å². The van der Waals surface area contributed by atoms with Gasteiger partial charge in [0.25, 0.3) is 0 Å². The standard InChI is InChI=1S/C12H13BrO/c13-7-10-6-11(10)8-1-2-12-9(5-8)3-4-14-12/h1-2,5,10-11H,3-4,6-7H2. The van der Waals surface area contributed by atoms with Crippen molar-refractivity contribution in [2.24, 2.45) is 5.92 Å². The molecular formula is C12H13BrO. The Morgan fingerprint density at radius 3 is 3.14 bits per heavy atom. The van der Waals surface area contributed by atoms with Crippen molar-refractivity contribution in [2.75, 3.05) is 11.9 Å². The Balaban J connectivity index is 1.87. The molecule has 0 spiro atoms. The van der Waals surface area contributed by atoms with Gasteiger partial charge in [-0.1, -0.05) is 28.1 Å². The lowest BCUT2D eigenvalue weighted by Gasteiger charge is -2.02. The van der Waals surface area contributed by atoms with Crippen LogP contribution < -0.4 is 4.74 Å². The molecule has 0 N–H and O–H groups in total. The first kappa shape index (κ1) is 8.78. The van der Waals surface area contributed by atoms with E-state index >= 15 is 0 Å². The second-order valence-corrected chi connectivity index (χ2v) is 4.87. The van der Waals surface area contributed by atoms with E-state index in [1.54, 1.807) is 0 Å². The second-order valence-electron chi connectivity index (χ2n) is 4.22. The topological polar surface area (TPSA) is 9.23 Å². The van der Waals surface area contributed by atoms with Gasteiger partial charge in [-0.15, -0.1) is 0 Å². The van der Waals surface area contributed by atoms with Crippen LogP contribution in [0.4, 0.5) is 0 Å². The van der Waals surface area contributed by atoms with Gasteiger partial charge >= 0.3 is 0 Å². The van der Waals surface area contributed by atoms with Crippen LogP contribution in [0.2, 0.25) is 0 Å². The van der Waals surface area contributed by atoms with Crippen molar-refractivity contribution in [2.45, 2.75) is 18.8 Å². The Morgan fingerprint density at radius 1 is 1.43 bits per heavy atom. The lowest BCUT2D eigenvalue weighted by atomic mass is 10.0. The molecule has 2 unspecified atom stereocenters. The highest BCUT2D eigenvalue weighted by molar-refractivity contribution is 9.09. The smallest absolute Gasteiger partial charge is 0.122 e. The first-order valence-corrected chi connectivity index (χ1v) is 6.32. The monoisotopic (exact) mass is 252 g/mol. The average molecular weight is 253 g/mol. The van der Waals surface area contributed by atoms with Gasteiger partial charge in [0.05, 0.1) is 6.61 Å². The number of hydrogen-bond acceptors (Lipinski definition) is 1. The average Bonchev–Trinajstić information content (AvgIpc) is 2.87. The Hall–Kier alpha value is -0.500. The molecule has 0 aromatic heterocycles. The zero-order valence-corrected chi connectivity index (χ0v) is 9.59. The predicted molar refractivity (Wildman–Crippen MR) is 60.3 cm³/mol. The van der Waals surface area contributed by atoms with Crippen LogP contribution in [0.5, 0.6) is 5.75 Å². The molecule has 14 heavy (non-hydrogen) atoms. The van der Waals surface area contributed by atoms with E-state index in [9.17, 15) is 0 Å². The zero-order chi connectivity index (χ0) is 9.54. The molecule has 1 heterocycles. The Labute approximate surface area is 92.6 Å². The fourth-order valence-electron chi connectivity index (χ4n) is 2.26. The molecule has 2 heteroatoms. The SMILES string of the molecule is BrCC1CC1c1ccc2c(c1)CCO2. The summed E-state index contributed by atoms with van der Waals surface area (Å²) >= 11 is 3.55. The molecule has 1 fully saturated rings. The van der Waals surface area contributed by atoms with Crippen molar-refractivity contribution >= 4 is 15.9 Å². The molecule has 0 radical (unpaired) electrons. The van der Waals surface area contributed by atoms with Crippen LogP contribution in [-0.4, -0.2) is 11.9 Å². The molecule has 0 bridgehead atoms. The molecule has 74 valence electrons. The van der Waals surface area contributed by atoms with E-state index in [2.05, 4.69) is 34.1 Å². The molecule has 1 saturated carbocycles. The molecular weight excluding hydrogens is 240 g/mol. The van der Waals surface area contributed by atoms with Crippen LogP contribution in [0.15, 0.2) is 18.2 Å². The molecule has 1 aliphatic heterocycles. The Morgan fingerprint density at radius 2 is 2.36 bits per heavy atom. The molecule has 0 amide bonds. The minimum atomic E-state index is 0.806. The van der Waals surface area contributed by atoms with E-state index in [4.69, 9.17) is 4.74 Å². The highest BCUT2D eigenvalue weighted by Crippen LogP contribution is 2.49. The zero-order valence-electron chi connectivity index (χ0n) is 8.00. The van der Waals surface area contributed by atoms with Crippen LogP contribution in [0, 0.1) is 5.92 Å². The Bertz CT molecular complexity index is 361. The van der Waals surface area contributed by atoms with Crippen LogP contribution in [0.3, 0.4) is 0 Å². The number of fused-ring (bicyclic) bond motifs is 1. The van der Waals surface area contributed by atoms with Crippen molar-refractivity contribution in [3.63, 3.8) is 0 Å². The van der Waals surface area contributed by atoms with Crippen LogP contribution in [0.25, 0.3) is 0 Å². The molecule has 3 rings (SSSR count). The second kappa shape index (κ2) is 3.27. The first-order chi connectivity index (χ1) is 6.88. The van der Waals surface area contributed by atoms with Gasteiger partial charge in [-0.3, -0.25) is 0 Å². The number of ether oxygens (including phenoxy) is 1. The van der Waals surface area contributed by atoms with E-state index in [0.29, 0.717) is 0 Å². The third-order valence-corrected chi connectivity index (χ3v) is 4.09. The quantitative estimate of drug-likeness (QED) is 0.736. The maximum Gasteiger partial charge on any atom is 0.122 e.